The van der Waals surface area contributed by atoms with Gasteiger partial charge in [-0.1, -0.05) is 13.8 Å². The minimum Gasteiger partial charge on any atom is -0.353 e. The average molecular weight is 306 g/mol. The molecule has 7 nitrogen and oxygen atoms in total. The highest BCUT2D eigenvalue weighted by Gasteiger charge is 2.20. The fourth-order valence-electron chi connectivity index (χ4n) is 2.38. The van der Waals surface area contributed by atoms with Crippen LogP contribution in [0, 0.1) is 5.92 Å². The van der Waals surface area contributed by atoms with Gasteiger partial charge in [-0.25, -0.2) is 9.97 Å². The van der Waals surface area contributed by atoms with E-state index in [4.69, 9.17) is 5.73 Å². The molecule has 1 saturated heterocycles. The lowest BCUT2D eigenvalue weighted by molar-refractivity contribution is -0.123. The topological polar surface area (TPSA) is 87.4 Å². The Hall–Kier alpha value is -1.73. The number of piperazine rings is 1. The number of nitrogens with one attached hydrogen (secondary N) is 1. The van der Waals surface area contributed by atoms with Gasteiger partial charge < -0.3 is 16.0 Å². The Kier molecular flexibility index (Phi) is 6.09. The van der Waals surface area contributed by atoms with Crippen molar-refractivity contribution in [1.29, 1.82) is 0 Å². The van der Waals surface area contributed by atoms with Crippen LogP contribution in [0.2, 0.25) is 0 Å². The average Bonchev–Trinajstić information content (AvgIpc) is 2.55. The number of amides is 1. The molecule has 22 heavy (non-hydrogen) atoms. The molecule has 1 atom stereocenters. The van der Waals surface area contributed by atoms with Gasteiger partial charge in [0.15, 0.2) is 0 Å². The summed E-state index contributed by atoms with van der Waals surface area (Å²) in [5.41, 5.74) is 5.82. The van der Waals surface area contributed by atoms with Gasteiger partial charge in [0.25, 0.3) is 0 Å². The molecule has 0 radical (unpaired) electrons. The van der Waals surface area contributed by atoms with Crippen LogP contribution >= 0.6 is 0 Å². The van der Waals surface area contributed by atoms with Crippen LogP contribution in [-0.4, -0.2) is 66.1 Å². The second-order valence-electron chi connectivity index (χ2n) is 5.94. The lowest BCUT2D eigenvalue weighted by Crippen LogP contribution is -2.50. The summed E-state index contributed by atoms with van der Waals surface area (Å²) < 4.78 is 0. The molecule has 1 aliphatic rings. The quantitative estimate of drug-likeness (QED) is 0.750. The third-order valence-corrected chi connectivity index (χ3v) is 3.96. The smallest absolute Gasteiger partial charge is 0.237 e. The van der Waals surface area contributed by atoms with E-state index in [9.17, 15) is 4.79 Å². The number of carbonyl (C=O) groups is 1. The van der Waals surface area contributed by atoms with Crippen molar-refractivity contribution < 1.29 is 4.79 Å². The number of anilines is 1. The largest absolute Gasteiger partial charge is 0.353 e. The van der Waals surface area contributed by atoms with E-state index in [1.54, 1.807) is 12.4 Å². The summed E-state index contributed by atoms with van der Waals surface area (Å²) in [6.07, 6.45) is 3.53. The fraction of sp³-hybridized carbons (Fsp3) is 0.667. The summed E-state index contributed by atoms with van der Waals surface area (Å²) in [5, 5.41) is 2.91. The van der Waals surface area contributed by atoms with Crippen molar-refractivity contribution in [2.24, 2.45) is 11.7 Å². The SMILES string of the molecule is CC(C)[C@H](N)C(=O)NCCN1CCN(c2ncccn2)CC1. The molecule has 1 fully saturated rings. The first-order chi connectivity index (χ1) is 10.6. The molecule has 0 spiro atoms. The van der Waals surface area contributed by atoms with E-state index in [-0.39, 0.29) is 11.8 Å². The molecule has 1 aromatic rings. The molecule has 2 heterocycles. The van der Waals surface area contributed by atoms with E-state index < -0.39 is 6.04 Å². The molecule has 0 aliphatic carbocycles. The highest BCUT2D eigenvalue weighted by atomic mass is 16.2. The fourth-order valence-corrected chi connectivity index (χ4v) is 2.38. The summed E-state index contributed by atoms with van der Waals surface area (Å²) in [7, 11) is 0. The van der Waals surface area contributed by atoms with Crippen molar-refractivity contribution in [1.82, 2.24) is 20.2 Å². The van der Waals surface area contributed by atoms with Crippen LogP contribution in [0.5, 0.6) is 0 Å². The van der Waals surface area contributed by atoms with Crippen molar-refractivity contribution >= 4 is 11.9 Å². The first-order valence-electron chi connectivity index (χ1n) is 7.85. The van der Waals surface area contributed by atoms with Crippen molar-refractivity contribution in [3.05, 3.63) is 18.5 Å². The van der Waals surface area contributed by atoms with Gasteiger partial charge in [0.05, 0.1) is 6.04 Å². The summed E-state index contributed by atoms with van der Waals surface area (Å²) in [4.78, 5) is 24.9. The second kappa shape index (κ2) is 8.05. The van der Waals surface area contributed by atoms with E-state index in [0.29, 0.717) is 6.54 Å². The highest BCUT2D eigenvalue weighted by Crippen LogP contribution is 2.09. The minimum atomic E-state index is -0.424. The summed E-state index contributed by atoms with van der Waals surface area (Å²) in [6, 6.07) is 1.40. The second-order valence-corrected chi connectivity index (χ2v) is 5.94. The Morgan fingerprint density at radius 1 is 1.27 bits per heavy atom. The zero-order valence-electron chi connectivity index (χ0n) is 13.4. The predicted molar refractivity (Wildman–Crippen MR) is 86.5 cm³/mol. The molecule has 0 aromatic carbocycles. The van der Waals surface area contributed by atoms with E-state index in [2.05, 4.69) is 25.1 Å². The molecule has 1 amide bonds. The van der Waals surface area contributed by atoms with Crippen LogP contribution in [0.3, 0.4) is 0 Å². The predicted octanol–water partition coefficient (Wildman–Crippen LogP) is -0.302. The Bertz CT molecular complexity index is 458. The third kappa shape index (κ3) is 4.64. The van der Waals surface area contributed by atoms with Gasteiger partial charge in [-0.2, -0.15) is 0 Å². The van der Waals surface area contributed by atoms with Gasteiger partial charge in [0, 0.05) is 51.7 Å². The molecule has 0 unspecified atom stereocenters. The normalized spacial score (nSPS) is 17.5. The van der Waals surface area contributed by atoms with E-state index in [1.807, 2.05) is 19.9 Å². The molecule has 0 bridgehead atoms. The van der Waals surface area contributed by atoms with Crippen LogP contribution in [0.25, 0.3) is 0 Å². The maximum atomic E-state index is 11.8. The number of nitrogens with two attached hydrogens (primary N) is 1. The molecule has 2 rings (SSSR count). The zero-order chi connectivity index (χ0) is 15.9. The summed E-state index contributed by atoms with van der Waals surface area (Å²) in [6.45, 7) is 9.10. The van der Waals surface area contributed by atoms with Gasteiger partial charge in [-0.05, 0) is 12.0 Å². The van der Waals surface area contributed by atoms with Crippen LogP contribution in [0.1, 0.15) is 13.8 Å². The van der Waals surface area contributed by atoms with Gasteiger partial charge in [0.1, 0.15) is 0 Å². The first kappa shape index (κ1) is 16.6. The monoisotopic (exact) mass is 306 g/mol. The number of nitrogens with zero attached hydrogens (tertiary/aromatic N) is 4. The van der Waals surface area contributed by atoms with Crippen molar-refractivity contribution in [2.45, 2.75) is 19.9 Å². The first-order valence-corrected chi connectivity index (χ1v) is 7.85. The number of hydrogen-bond donors (Lipinski definition) is 2. The molecule has 3 N–H and O–H groups in total. The Balaban J connectivity index is 1.67. The Morgan fingerprint density at radius 3 is 2.50 bits per heavy atom. The van der Waals surface area contributed by atoms with Crippen LogP contribution in [0.4, 0.5) is 5.95 Å². The van der Waals surface area contributed by atoms with Crippen molar-refractivity contribution in [3.8, 4) is 0 Å². The van der Waals surface area contributed by atoms with Crippen molar-refractivity contribution in [2.75, 3.05) is 44.2 Å². The lowest BCUT2D eigenvalue weighted by Gasteiger charge is -2.34. The number of rotatable bonds is 6. The van der Waals surface area contributed by atoms with E-state index in [1.165, 1.54) is 0 Å². The van der Waals surface area contributed by atoms with E-state index >= 15 is 0 Å². The number of hydrogen-bond acceptors (Lipinski definition) is 6. The molecule has 0 saturated carbocycles. The summed E-state index contributed by atoms with van der Waals surface area (Å²) >= 11 is 0. The molecule has 122 valence electrons. The maximum Gasteiger partial charge on any atom is 0.237 e. The molecular weight excluding hydrogens is 280 g/mol. The maximum absolute atomic E-state index is 11.8. The van der Waals surface area contributed by atoms with Gasteiger partial charge >= 0.3 is 0 Å². The van der Waals surface area contributed by atoms with Gasteiger partial charge in [-0.3, -0.25) is 9.69 Å². The van der Waals surface area contributed by atoms with Crippen LogP contribution in [-0.2, 0) is 4.79 Å². The van der Waals surface area contributed by atoms with Crippen molar-refractivity contribution in [3.63, 3.8) is 0 Å². The third-order valence-electron chi connectivity index (χ3n) is 3.96. The van der Waals surface area contributed by atoms with Gasteiger partial charge in [0.2, 0.25) is 11.9 Å². The standard InChI is InChI=1S/C15H26N6O/c1-12(2)13(16)14(22)17-6-7-20-8-10-21(11-9-20)15-18-4-3-5-19-15/h3-5,12-13H,6-11,16H2,1-2H3,(H,17,22)/t13-/m0/s1. The van der Waals surface area contributed by atoms with Crippen LogP contribution < -0.4 is 16.0 Å². The molecule has 1 aliphatic heterocycles. The number of aromatic nitrogens is 2. The lowest BCUT2D eigenvalue weighted by atomic mass is 10.1. The molecule has 1 aromatic heterocycles. The Labute approximate surface area is 131 Å². The molecule has 7 heteroatoms. The minimum absolute atomic E-state index is 0.0636. The molecular formula is C15H26N6O. The zero-order valence-corrected chi connectivity index (χ0v) is 13.4. The van der Waals surface area contributed by atoms with Crippen LogP contribution in [0.15, 0.2) is 18.5 Å². The highest BCUT2D eigenvalue weighted by molar-refractivity contribution is 5.81. The number of carbonyl (C=O) groups excluding carboxylic acids is 1. The Morgan fingerprint density at radius 2 is 1.91 bits per heavy atom. The van der Waals surface area contributed by atoms with Gasteiger partial charge in [-0.15, -0.1) is 0 Å². The summed E-state index contributed by atoms with van der Waals surface area (Å²) in [5.74, 6) is 0.888. The van der Waals surface area contributed by atoms with E-state index in [0.717, 1.165) is 38.7 Å².